The van der Waals surface area contributed by atoms with Crippen molar-refractivity contribution in [1.29, 1.82) is 0 Å². The first-order valence-corrected chi connectivity index (χ1v) is 14.0. The highest BCUT2D eigenvalue weighted by Crippen LogP contribution is 2.38. The fourth-order valence-electron chi connectivity index (χ4n) is 3.97. The van der Waals surface area contributed by atoms with Gasteiger partial charge in [-0.15, -0.1) is 0 Å². The molecular formula is C33H35F3O8. The number of aryl methyl sites for hydroxylation is 1. The van der Waals surface area contributed by atoms with Crippen LogP contribution in [0.3, 0.4) is 0 Å². The summed E-state index contributed by atoms with van der Waals surface area (Å²) in [4.78, 5) is 25.5. The van der Waals surface area contributed by atoms with Crippen molar-refractivity contribution in [2.75, 3.05) is 20.3 Å². The number of rotatable bonds is 16. The highest BCUT2D eigenvalue weighted by Gasteiger charge is 2.36. The zero-order chi connectivity index (χ0) is 32.1. The van der Waals surface area contributed by atoms with Gasteiger partial charge in [0.2, 0.25) is 0 Å². The maximum atomic E-state index is 13.9. The molecule has 1 atom stereocenters. The van der Waals surface area contributed by atoms with Gasteiger partial charge in [0.05, 0.1) is 37.0 Å². The summed E-state index contributed by atoms with van der Waals surface area (Å²) in [7, 11) is 1.35. The Hall–Kier alpha value is -4.35. The van der Waals surface area contributed by atoms with Gasteiger partial charge in [0.1, 0.15) is 11.5 Å². The smallest absolute Gasteiger partial charge is 0.420 e. The number of aliphatic hydroxyl groups excluding tert-OH is 1. The molecule has 0 bridgehead atoms. The normalized spacial score (nSPS) is 11.9. The average molecular weight is 617 g/mol. The predicted octanol–water partition coefficient (Wildman–Crippen LogP) is 7.18. The Kier molecular flexibility index (Phi) is 12.8. The molecule has 11 heteroatoms. The Morgan fingerprint density at radius 2 is 1.50 bits per heavy atom. The van der Waals surface area contributed by atoms with E-state index in [1.165, 1.54) is 31.4 Å². The van der Waals surface area contributed by atoms with E-state index in [1.807, 2.05) is 0 Å². The molecular weight excluding hydrogens is 581 g/mol. The van der Waals surface area contributed by atoms with Crippen LogP contribution in [0.4, 0.5) is 13.2 Å². The minimum Gasteiger partial charge on any atom is -0.493 e. The predicted molar refractivity (Wildman–Crippen MR) is 156 cm³/mol. The molecule has 3 rings (SSSR count). The fourth-order valence-corrected chi connectivity index (χ4v) is 3.97. The summed E-state index contributed by atoms with van der Waals surface area (Å²) in [6, 6.07) is 13.4. The molecule has 0 heterocycles. The lowest BCUT2D eigenvalue weighted by Gasteiger charge is -2.15. The summed E-state index contributed by atoms with van der Waals surface area (Å²) in [5.74, 6) is -2.16. The highest BCUT2D eigenvalue weighted by molar-refractivity contribution is 5.93. The topological polar surface area (TPSA) is 101 Å². The number of hydrogen-bond donors (Lipinski definition) is 1. The fraction of sp³-hybridized carbons (Fsp3) is 0.333. The third-order valence-corrected chi connectivity index (χ3v) is 6.36. The Morgan fingerprint density at radius 3 is 2.14 bits per heavy atom. The number of methoxy groups -OCH3 is 1. The number of carbonyl (C=O) groups is 2. The van der Waals surface area contributed by atoms with E-state index in [4.69, 9.17) is 23.7 Å². The van der Waals surface area contributed by atoms with Gasteiger partial charge in [0.25, 0.3) is 0 Å². The molecule has 0 radical (unpaired) electrons. The number of aliphatic hydroxyl groups is 1. The van der Waals surface area contributed by atoms with Crippen LogP contribution in [0, 0.1) is 0 Å². The molecule has 8 nitrogen and oxygen atoms in total. The quantitative estimate of drug-likeness (QED) is 0.0594. The van der Waals surface area contributed by atoms with Gasteiger partial charge >= 0.3 is 18.1 Å². The Morgan fingerprint density at radius 1 is 0.864 bits per heavy atom. The van der Waals surface area contributed by atoms with Gasteiger partial charge in [0, 0.05) is 0 Å². The van der Waals surface area contributed by atoms with E-state index < -0.39 is 35.7 Å². The summed E-state index contributed by atoms with van der Waals surface area (Å²) in [6.45, 7) is 6.06. The molecule has 3 aromatic carbocycles. The van der Waals surface area contributed by atoms with E-state index in [0.29, 0.717) is 31.3 Å². The average Bonchev–Trinajstić information content (AvgIpc) is 3.01. The second-order valence-corrected chi connectivity index (χ2v) is 9.65. The van der Waals surface area contributed by atoms with Crippen molar-refractivity contribution in [3.8, 4) is 23.0 Å². The van der Waals surface area contributed by atoms with Crippen molar-refractivity contribution in [1.82, 2.24) is 0 Å². The maximum Gasteiger partial charge on any atom is 0.420 e. The lowest BCUT2D eigenvalue weighted by molar-refractivity contribution is -0.138. The Bertz CT molecular complexity index is 1400. The molecule has 0 aliphatic heterocycles. The van der Waals surface area contributed by atoms with E-state index in [2.05, 4.69) is 13.5 Å². The standard InChI is InChI=1S/C33H35F3O8/c1-4-6-9-22-10-14-25(15-11-22)43-31(38)23-12-16-27(26(20-23)33(34,35)36)44-32(39)24-13-17-28(29(21-24)40-3)41-18-7-8-19-42-30(37)5-2/h5,10-17,20-21,30,37H,2,4,6-9,18-19H2,1,3H3. The van der Waals surface area contributed by atoms with Crippen LogP contribution < -0.4 is 18.9 Å². The molecule has 1 N–H and O–H groups in total. The summed E-state index contributed by atoms with van der Waals surface area (Å²) in [5.41, 5.74) is -0.703. The summed E-state index contributed by atoms with van der Waals surface area (Å²) >= 11 is 0. The van der Waals surface area contributed by atoms with Crippen LogP contribution in [0.15, 0.2) is 73.3 Å². The number of esters is 2. The maximum absolute atomic E-state index is 13.9. The molecule has 0 spiro atoms. The molecule has 0 aliphatic rings. The van der Waals surface area contributed by atoms with Gasteiger partial charge < -0.3 is 28.8 Å². The van der Waals surface area contributed by atoms with Crippen LogP contribution in [-0.4, -0.2) is 43.7 Å². The molecule has 0 aromatic heterocycles. The van der Waals surface area contributed by atoms with Crippen molar-refractivity contribution in [2.24, 2.45) is 0 Å². The van der Waals surface area contributed by atoms with Crippen LogP contribution in [0.2, 0.25) is 0 Å². The monoisotopic (exact) mass is 616 g/mol. The highest BCUT2D eigenvalue weighted by atomic mass is 19.4. The molecule has 0 fully saturated rings. The second kappa shape index (κ2) is 16.5. The van der Waals surface area contributed by atoms with E-state index in [-0.39, 0.29) is 29.2 Å². The number of unbranched alkanes of at least 4 members (excludes halogenated alkanes) is 2. The second-order valence-electron chi connectivity index (χ2n) is 9.65. The van der Waals surface area contributed by atoms with Gasteiger partial charge in [-0.2, -0.15) is 13.2 Å². The minimum atomic E-state index is -4.93. The van der Waals surface area contributed by atoms with E-state index in [0.717, 1.165) is 37.0 Å². The van der Waals surface area contributed by atoms with Crippen molar-refractivity contribution < 1.29 is 51.6 Å². The lowest BCUT2D eigenvalue weighted by Crippen LogP contribution is -2.16. The molecule has 3 aromatic rings. The SMILES string of the molecule is C=CC(O)OCCCCOc1ccc(C(=O)Oc2ccc(C(=O)Oc3ccc(CCCC)cc3)cc2C(F)(F)F)cc1OC. The van der Waals surface area contributed by atoms with Crippen molar-refractivity contribution in [2.45, 2.75) is 51.5 Å². The molecule has 0 saturated heterocycles. The Balaban J connectivity index is 1.67. The van der Waals surface area contributed by atoms with Crippen LogP contribution >= 0.6 is 0 Å². The lowest BCUT2D eigenvalue weighted by atomic mass is 10.1. The van der Waals surface area contributed by atoms with Crippen LogP contribution in [0.1, 0.15) is 64.4 Å². The molecule has 0 saturated carbocycles. The largest absolute Gasteiger partial charge is 0.493 e. The number of halogens is 3. The molecule has 0 amide bonds. The van der Waals surface area contributed by atoms with Crippen LogP contribution in [0.25, 0.3) is 0 Å². The number of alkyl halides is 3. The summed E-state index contributed by atoms with van der Waals surface area (Å²) in [6.07, 6.45) is -0.617. The van der Waals surface area contributed by atoms with E-state index in [9.17, 15) is 27.9 Å². The first-order valence-electron chi connectivity index (χ1n) is 14.0. The van der Waals surface area contributed by atoms with E-state index >= 15 is 0 Å². The molecule has 236 valence electrons. The summed E-state index contributed by atoms with van der Waals surface area (Å²) in [5, 5.41) is 9.29. The Labute approximate surface area is 254 Å². The van der Waals surface area contributed by atoms with Gasteiger partial charge in [0.15, 0.2) is 17.8 Å². The molecule has 44 heavy (non-hydrogen) atoms. The van der Waals surface area contributed by atoms with Gasteiger partial charge in [-0.1, -0.05) is 32.1 Å². The third-order valence-electron chi connectivity index (χ3n) is 6.36. The van der Waals surface area contributed by atoms with Gasteiger partial charge in [-0.05, 0) is 85.9 Å². The molecule has 0 aliphatic carbocycles. The van der Waals surface area contributed by atoms with Crippen molar-refractivity contribution >= 4 is 11.9 Å². The van der Waals surface area contributed by atoms with Crippen LogP contribution in [-0.2, 0) is 17.3 Å². The van der Waals surface area contributed by atoms with Crippen LogP contribution in [0.5, 0.6) is 23.0 Å². The van der Waals surface area contributed by atoms with Gasteiger partial charge in [-0.3, -0.25) is 0 Å². The van der Waals surface area contributed by atoms with E-state index in [1.54, 1.807) is 24.3 Å². The van der Waals surface area contributed by atoms with Gasteiger partial charge in [-0.25, -0.2) is 9.59 Å². The number of carbonyl (C=O) groups excluding carboxylic acids is 2. The van der Waals surface area contributed by atoms with Crippen molar-refractivity contribution in [3.63, 3.8) is 0 Å². The molecule has 1 unspecified atom stereocenters. The zero-order valence-corrected chi connectivity index (χ0v) is 24.5. The number of hydrogen-bond acceptors (Lipinski definition) is 8. The zero-order valence-electron chi connectivity index (χ0n) is 24.5. The first kappa shape index (κ1) is 34.1. The summed E-state index contributed by atoms with van der Waals surface area (Å²) < 4.78 is 68.2. The number of benzene rings is 3. The number of ether oxygens (including phenoxy) is 5. The first-order chi connectivity index (χ1) is 21.0. The van der Waals surface area contributed by atoms with Crippen molar-refractivity contribution in [3.05, 3.63) is 95.6 Å². The minimum absolute atomic E-state index is 0.0833. The third kappa shape index (κ3) is 10.1.